The van der Waals surface area contributed by atoms with Gasteiger partial charge >= 0.3 is 0 Å². The highest BCUT2D eigenvalue weighted by Crippen LogP contribution is 2.31. The number of hydrogen-bond donors (Lipinski definition) is 2. The van der Waals surface area contributed by atoms with E-state index in [-0.39, 0.29) is 0 Å². The number of methoxy groups -OCH3 is 1. The smallest absolute Gasteiger partial charge is 0.0601 e. The molecule has 0 aromatic carbocycles. The number of nitrogens with one attached hydrogen (secondary N) is 1. The van der Waals surface area contributed by atoms with E-state index in [1.165, 1.54) is 38.6 Å². The normalized spacial score (nSPS) is 40.4. The van der Waals surface area contributed by atoms with Gasteiger partial charge in [0.1, 0.15) is 0 Å². The van der Waals surface area contributed by atoms with Gasteiger partial charge in [0.25, 0.3) is 0 Å². The summed E-state index contributed by atoms with van der Waals surface area (Å²) in [5.74, 6) is 1.60. The van der Waals surface area contributed by atoms with E-state index in [9.17, 15) is 0 Å². The fraction of sp³-hybridized carbons (Fsp3) is 1.00. The van der Waals surface area contributed by atoms with E-state index < -0.39 is 0 Å². The van der Waals surface area contributed by atoms with Crippen molar-refractivity contribution in [2.24, 2.45) is 17.6 Å². The van der Waals surface area contributed by atoms with Crippen LogP contribution in [0.4, 0.5) is 0 Å². The van der Waals surface area contributed by atoms with Crippen LogP contribution >= 0.6 is 0 Å². The Balaban J connectivity index is 1.62. The van der Waals surface area contributed by atoms with E-state index in [2.05, 4.69) is 5.32 Å². The second-order valence-electron chi connectivity index (χ2n) is 5.12. The molecule has 2 unspecified atom stereocenters. The van der Waals surface area contributed by atoms with E-state index in [0.29, 0.717) is 12.1 Å². The van der Waals surface area contributed by atoms with Gasteiger partial charge in [0.15, 0.2) is 0 Å². The van der Waals surface area contributed by atoms with Gasteiger partial charge in [-0.15, -0.1) is 0 Å². The van der Waals surface area contributed by atoms with Crippen LogP contribution in [0.1, 0.15) is 32.1 Å². The molecule has 0 aromatic rings. The zero-order valence-electron chi connectivity index (χ0n) is 9.74. The lowest BCUT2D eigenvalue weighted by molar-refractivity contribution is 0.0161. The molecular formula is C12H24N2O. The van der Waals surface area contributed by atoms with Crippen molar-refractivity contribution in [2.75, 3.05) is 20.2 Å². The van der Waals surface area contributed by atoms with Gasteiger partial charge in [-0.25, -0.2) is 0 Å². The first-order valence-electron chi connectivity index (χ1n) is 6.29. The van der Waals surface area contributed by atoms with Gasteiger partial charge in [-0.1, -0.05) is 6.42 Å². The Kier molecular flexibility index (Phi) is 4.00. The molecule has 2 saturated carbocycles. The summed E-state index contributed by atoms with van der Waals surface area (Å²) in [5, 5.41) is 3.65. The van der Waals surface area contributed by atoms with Gasteiger partial charge in [0.2, 0.25) is 0 Å². The third-order valence-electron chi connectivity index (χ3n) is 4.22. The predicted octanol–water partition coefficient (Wildman–Crippen LogP) is 1.13. The minimum absolute atomic E-state index is 0.511. The first-order valence-corrected chi connectivity index (χ1v) is 6.29. The van der Waals surface area contributed by atoms with Crippen molar-refractivity contribution < 1.29 is 4.74 Å². The van der Waals surface area contributed by atoms with E-state index in [4.69, 9.17) is 10.5 Å². The molecule has 2 atom stereocenters. The zero-order chi connectivity index (χ0) is 10.7. The molecular weight excluding hydrogens is 188 g/mol. The molecule has 2 aliphatic carbocycles. The minimum Gasteiger partial charge on any atom is -0.381 e. The molecule has 2 aliphatic rings. The van der Waals surface area contributed by atoms with Crippen molar-refractivity contribution in [1.82, 2.24) is 5.32 Å². The van der Waals surface area contributed by atoms with Crippen molar-refractivity contribution in [3.05, 3.63) is 0 Å². The number of hydrogen-bond acceptors (Lipinski definition) is 3. The van der Waals surface area contributed by atoms with Crippen LogP contribution in [0.25, 0.3) is 0 Å². The molecule has 0 aromatic heterocycles. The summed E-state index contributed by atoms with van der Waals surface area (Å²) in [4.78, 5) is 0. The maximum atomic E-state index is 5.77. The monoisotopic (exact) mass is 212 g/mol. The highest BCUT2D eigenvalue weighted by Gasteiger charge is 2.31. The summed E-state index contributed by atoms with van der Waals surface area (Å²) in [5.41, 5.74) is 5.77. The summed E-state index contributed by atoms with van der Waals surface area (Å²) in [7, 11) is 1.81. The molecule has 0 saturated heterocycles. The van der Waals surface area contributed by atoms with Gasteiger partial charge in [-0.2, -0.15) is 0 Å². The van der Waals surface area contributed by atoms with Crippen LogP contribution in [0.2, 0.25) is 0 Å². The Morgan fingerprint density at radius 1 is 1.27 bits per heavy atom. The molecule has 3 N–H and O–H groups in total. The molecule has 3 heteroatoms. The van der Waals surface area contributed by atoms with Crippen LogP contribution < -0.4 is 11.1 Å². The van der Waals surface area contributed by atoms with Crippen molar-refractivity contribution in [2.45, 2.75) is 44.2 Å². The molecule has 3 nitrogen and oxygen atoms in total. The first-order chi connectivity index (χ1) is 7.33. The van der Waals surface area contributed by atoms with Crippen LogP contribution in [-0.2, 0) is 4.74 Å². The molecule has 0 radical (unpaired) electrons. The molecule has 0 amide bonds. The van der Waals surface area contributed by atoms with Crippen LogP contribution in [-0.4, -0.2) is 32.3 Å². The second kappa shape index (κ2) is 5.28. The van der Waals surface area contributed by atoms with Crippen LogP contribution in [0, 0.1) is 11.8 Å². The Morgan fingerprint density at radius 3 is 2.67 bits per heavy atom. The highest BCUT2D eigenvalue weighted by atomic mass is 16.5. The van der Waals surface area contributed by atoms with Gasteiger partial charge in [0.05, 0.1) is 6.10 Å². The molecule has 2 fully saturated rings. The van der Waals surface area contributed by atoms with E-state index in [0.717, 1.165) is 18.4 Å². The average molecular weight is 212 g/mol. The van der Waals surface area contributed by atoms with Crippen LogP contribution in [0.5, 0.6) is 0 Å². The summed E-state index contributed by atoms with van der Waals surface area (Å²) < 4.78 is 5.27. The van der Waals surface area contributed by atoms with Crippen molar-refractivity contribution in [3.63, 3.8) is 0 Å². The van der Waals surface area contributed by atoms with Gasteiger partial charge in [-0.3, -0.25) is 0 Å². The zero-order valence-corrected chi connectivity index (χ0v) is 9.74. The third kappa shape index (κ3) is 2.71. The lowest BCUT2D eigenvalue weighted by Gasteiger charge is -2.36. The Hall–Kier alpha value is -0.120. The van der Waals surface area contributed by atoms with Gasteiger partial charge in [-0.05, 0) is 50.6 Å². The summed E-state index contributed by atoms with van der Waals surface area (Å²) in [6.45, 7) is 2.04. The Morgan fingerprint density at radius 2 is 2.00 bits per heavy atom. The molecule has 0 aliphatic heterocycles. The number of nitrogens with two attached hydrogens (primary N) is 1. The van der Waals surface area contributed by atoms with Crippen molar-refractivity contribution in [3.8, 4) is 0 Å². The molecule has 2 rings (SSSR count). The average Bonchev–Trinajstić information content (AvgIpc) is 2.63. The fourth-order valence-corrected chi connectivity index (χ4v) is 2.94. The lowest BCUT2D eigenvalue weighted by Crippen LogP contribution is -2.47. The number of ether oxygens (including phenoxy) is 1. The molecule has 0 heterocycles. The molecule has 88 valence electrons. The van der Waals surface area contributed by atoms with Crippen LogP contribution in [0.3, 0.4) is 0 Å². The third-order valence-corrected chi connectivity index (χ3v) is 4.22. The maximum Gasteiger partial charge on any atom is 0.0601 e. The van der Waals surface area contributed by atoms with Crippen molar-refractivity contribution >= 4 is 0 Å². The molecule has 0 bridgehead atoms. The Bertz CT molecular complexity index is 192. The van der Waals surface area contributed by atoms with Crippen molar-refractivity contribution in [1.29, 1.82) is 0 Å². The van der Waals surface area contributed by atoms with E-state index >= 15 is 0 Å². The summed E-state index contributed by atoms with van der Waals surface area (Å²) in [6, 6.07) is 0.703. The van der Waals surface area contributed by atoms with Gasteiger partial charge < -0.3 is 15.8 Å². The predicted molar refractivity (Wildman–Crippen MR) is 61.7 cm³/mol. The second-order valence-corrected chi connectivity index (χ2v) is 5.12. The highest BCUT2D eigenvalue weighted by molar-refractivity contribution is 4.88. The molecule has 15 heavy (non-hydrogen) atoms. The summed E-state index contributed by atoms with van der Waals surface area (Å²) >= 11 is 0. The standard InChI is InChI=1S/C12H24N2O/c1-15-12-5-11(6-12)14-8-10-4-2-3-9(10)7-13/h9-12,14H,2-8,13H2,1H3. The fourth-order valence-electron chi connectivity index (χ4n) is 2.94. The maximum absolute atomic E-state index is 5.77. The minimum atomic E-state index is 0.511. The quantitative estimate of drug-likeness (QED) is 0.718. The largest absolute Gasteiger partial charge is 0.381 e. The number of rotatable bonds is 5. The van der Waals surface area contributed by atoms with E-state index in [1.807, 2.05) is 7.11 Å². The van der Waals surface area contributed by atoms with E-state index in [1.54, 1.807) is 0 Å². The SMILES string of the molecule is COC1CC(NCC2CCCC2CN)C1. The van der Waals surface area contributed by atoms with Gasteiger partial charge in [0, 0.05) is 13.2 Å². The molecule has 0 spiro atoms. The lowest BCUT2D eigenvalue weighted by atomic mass is 9.88. The Labute approximate surface area is 92.7 Å². The topological polar surface area (TPSA) is 47.3 Å². The first kappa shape index (κ1) is 11.4. The van der Waals surface area contributed by atoms with Crippen LogP contribution in [0.15, 0.2) is 0 Å². The summed E-state index contributed by atoms with van der Waals surface area (Å²) in [6.07, 6.45) is 6.98.